The van der Waals surface area contributed by atoms with Gasteiger partial charge in [0, 0.05) is 0 Å². The first-order valence-electron chi connectivity index (χ1n) is 4.34. The Labute approximate surface area is 73.9 Å². The second-order valence-corrected chi connectivity index (χ2v) is 16.1. The first kappa shape index (κ1) is 11.4. The minimum absolute atomic E-state index is 0.869. The molecule has 1 nitrogen and oxygen atoms in total. The molecule has 68 valence electrons. The van der Waals surface area contributed by atoms with Gasteiger partial charge >= 0.3 is 0 Å². The van der Waals surface area contributed by atoms with Gasteiger partial charge in [-0.05, 0) is 13.2 Å². The van der Waals surface area contributed by atoms with Crippen LogP contribution in [0.3, 0.4) is 0 Å². The fourth-order valence-corrected chi connectivity index (χ4v) is 5.69. The van der Waals surface area contributed by atoms with E-state index in [0.29, 0.717) is 0 Å². The van der Waals surface area contributed by atoms with Gasteiger partial charge in [-0.15, -0.1) is 0 Å². The number of hydrogen-bond donors (Lipinski definition) is 0. The topological polar surface area (TPSA) is 3.24 Å². The first-order chi connectivity index (χ1) is 4.63. The molecule has 0 N–H and O–H groups in total. The Morgan fingerprint density at radius 1 is 0.909 bits per heavy atom. The van der Waals surface area contributed by atoms with Gasteiger partial charge in [0.05, 0.1) is 8.07 Å². The second-order valence-electron chi connectivity index (χ2n) is 5.59. The number of rotatable bonds is 3. The van der Waals surface area contributed by atoms with Crippen LogP contribution in [0.5, 0.6) is 0 Å². The molecule has 0 fully saturated rings. The van der Waals surface area contributed by atoms with E-state index in [1.165, 1.54) is 6.17 Å². The Bertz CT molecular complexity index is 121. The summed E-state index contributed by atoms with van der Waals surface area (Å²) in [5.74, 6) is 0. The van der Waals surface area contributed by atoms with Gasteiger partial charge in [-0.3, -0.25) is 0 Å². The van der Waals surface area contributed by atoms with Crippen molar-refractivity contribution in [3.8, 4) is 0 Å². The van der Waals surface area contributed by atoms with Crippen LogP contribution in [0.25, 0.3) is 0 Å². The van der Waals surface area contributed by atoms with Crippen LogP contribution in [-0.4, -0.2) is 34.1 Å². The van der Waals surface area contributed by atoms with Gasteiger partial charge in [0.25, 0.3) is 0 Å². The summed E-state index contributed by atoms with van der Waals surface area (Å²) in [7, 11) is 0.410. The van der Waals surface area contributed by atoms with E-state index in [-0.39, 0.29) is 0 Å². The monoisotopic (exact) mass is 189 g/mol. The highest BCUT2D eigenvalue weighted by atomic mass is 28.3. The zero-order valence-electron chi connectivity index (χ0n) is 9.15. The van der Waals surface area contributed by atoms with Crippen molar-refractivity contribution in [2.45, 2.75) is 39.3 Å². The molecule has 0 aromatic heterocycles. The Morgan fingerprint density at radius 3 is 1.36 bits per heavy atom. The predicted molar refractivity (Wildman–Crippen MR) is 59.3 cm³/mol. The number of hydrogen-bond acceptors (Lipinski definition) is 1. The third-order valence-corrected chi connectivity index (χ3v) is 6.04. The molecule has 0 aliphatic heterocycles. The van der Waals surface area contributed by atoms with E-state index in [0.717, 1.165) is 0 Å². The van der Waals surface area contributed by atoms with E-state index in [1.807, 2.05) is 0 Å². The average Bonchev–Trinajstić information content (AvgIpc) is 1.56. The summed E-state index contributed by atoms with van der Waals surface area (Å²) in [5.41, 5.74) is 0. The Kier molecular flexibility index (Phi) is 3.53. The van der Waals surface area contributed by atoms with Gasteiger partial charge in [-0.25, -0.2) is 0 Å². The lowest BCUT2D eigenvalue weighted by atomic mass is 11.2. The van der Waals surface area contributed by atoms with Crippen LogP contribution in [0.4, 0.5) is 0 Å². The third-order valence-electron chi connectivity index (χ3n) is 1.86. The van der Waals surface area contributed by atoms with Gasteiger partial charge in [0.1, 0.15) is 8.24 Å². The van der Waals surface area contributed by atoms with Crippen molar-refractivity contribution in [2.24, 2.45) is 0 Å². The van der Waals surface area contributed by atoms with E-state index < -0.39 is 16.3 Å². The molecule has 0 unspecified atom stereocenters. The molecule has 0 atom stereocenters. The standard InChI is InChI=1S/C8H23NSi2/c1-9(11(5,6)7)8-10(2,3)4/h8H2,1-7H3. The van der Waals surface area contributed by atoms with Gasteiger partial charge in [-0.2, -0.15) is 0 Å². The molecule has 0 aromatic carbocycles. The van der Waals surface area contributed by atoms with E-state index in [9.17, 15) is 0 Å². The molecule has 0 bridgehead atoms. The Balaban J connectivity index is 3.99. The lowest BCUT2D eigenvalue weighted by Gasteiger charge is -2.34. The lowest BCUT2D eigenvalue weighted by molar-refractivity contribution is 0.586. The lowest BCUT2D eigenvalue weighted by Crippen LogP contribution is -2.50. The molecule has 11 heavy (non-hydrogen) atoms. The van der Waals surface area contributed by atoms with E-state index in [1.54, 1.807) is 0 Å². The average molecular weight is 189 g/mol. The van der Waals surface area contributed by atoms with Gasteiger partial charge in [0.2, 0.25) is 0 Å². The van der Waals surface area contributed by atoms with Gasteiger partial charge in [-0.1, -0.05) is 39.3 Å². The van der Waals surface area contributed by atoms with E-state index >= 15 is 0 Å². The van der Waals surface area contributed by atoms with Crippen molar-refractivity contribution >= 4 is 16.3 Å². The molecule has 0 aliphatic rings. The molecule has 0 amide bonds. The summed E-state index contributed by atoms with van der Waals surface area (Å²) >= 11 is 0. The third kappa shape index (κ3) is 5.64. The van der Waals surface area contributed by atoms with Gasteiger partial charge < -0.3 is 4.57 Å². The van der Waals surface area contributed by atoms with Crippen LogP contribution < -0.4 is 0 Å². The summed E-state index contributed by atoms with van der Waals surface area (Å²) in [6.45, 7) is 14.5. The minimum Gasteiger partial charge on any atom is -0.329 e. The highest BCUT2D eigenvalue weighted by Gasteiger charge is 2.24. The Hall–Kier alpha value is 0.394. The van der Waals surface area contributed by atoms with Crippen molar-refractivity contribution in [3.05, 3.63) is 0 Å². The van der Waals surface area contributed by atoms with Crippen LogP contribution >= 0.6 is 0 Å². The smallest absolute Gasteiger partial charge is 0.118 e. The fourth-order valence-electron chi connectivity index (χ4n) is 0.949. The molecule has 0 heterocycles. The second kappa shape index (κ2) is 3.41. The molecule has 0 aliphatic carbocycles. The molecular formula is C8H23NSi2. The predicted octanol–water partition coefficient (Wildman–Crippen LogP) is 2.63. The highest BCUT2D eigenvalue weighted by Crippen LogP contribution is 2.10. The molecule has 3 heteroatoms. The van der Waals surface area contributed by atoms with E-state index in [2.05, 4.69) is 50.9 Å². The highest BCUT2D eigenvalue weighted by molar-refractivity contribution is 6.79. The maximum Gasteiger partial charge on any atom is 0.118 e. The largest absolute Gasteiger partial charge is 0.329 e. The van der Waals surface area contributed by atoms with Crippen LogP contribution in [0.15, 0.2) is 0 Å². The summed E-state index contributed by atoms with van der Waals surface area (Å²) in [6.07, 6.45) is 1.35. The zero-order chi connectivity index (χ0) is 9.28. The quantitative estimate of drug-likeness (QED) is 0.617. The van der Waals surface area contributed by atoms with Crippen LogP contribution in [0, 0.1) is 0 Å². The van der Waals surface area contributed by atoms with E-state index in [4.69, 9.17) is 0 Å². The summed E-state index contributed by atoms with van der Waals surface area (Å²) in [6, 6.07) is 0. The first-order valence-corrected chi connectivity index (χ1v) is 11.5. The van der Waals surface area contributed by atoms with Crippen molar-refractivity contribution in [3.63, 3.8) is 0 Å². The van der Waals surface area contributed by atoms with Crippen molar-refractivity contribution in [1.82, 2.24) is 4.57 Å². The molecule has 0 spiro atoms. The summed E-state index contributed by atoms with van der Waals surface area (Å²) < 4.78 is 2.60. The van der Waals surface area contributed by atoms with Crippen LogP contribution in [0.1, 0.15) is 0 Å². The van der Waals surface area contributed by atoms with Crippen molar-refractivity contribution < 1.29 is 0 Å². The van der Waals surface area contributed by atoms with Crippen LogP contribution in [0.2, 0.25) is 39.3 Å². The van der Waals surface area contributed by atoms with Crippen LogP contribution in [-0.2, 0) is 0 Å². The molecule has 0 saturated carbocycles. The van der Waals surface area contributed by atoms with Crippen molar-refractivity contribution in [2.75, 3.05) is 13.2 Å². The maximum absolute atomic E-state index is 2.60. The molecular weight excluding hydrogens is 166 g/mol. The van der Waals surface area contributed by atoms with Crippen molar-refractivity contribution in [1.29, 1.82) is 0 Å². The summed E-state index contributed by atoms with van der Waals surface area (Å²) in [5, 5.41) is 0. The van der Waals surface area contributed by atoms with Gasteiger partial charge in [0.15, 0.2) is 0 Å². The maximum atomic E-state index is 2.60. The normalized spacial score (nSPS) is 14.2. The minimum atomic E-state index is -1.00. The molecule has 0 radical (unpaired) electrons. The fraction of sp³-hybridized carbons (Fsp3) is 1.00. The molecule has 0 aromatic rings. The SMILES string of the molecule is CN(C[Si](C)(C)C)[Si](C)(C)C. The Morgan fingerprint density at radius 2 is 1.27 bits per heavy atom. The molecule has 0 saturated heterocycles. The summed E-state index contributed by atoms with van der Waals surface area (Å²) in [4.78, 5) is 0. The number of nitrogens with zero attached hydrogens (tertiary/aromatic N) is 1. The zero-order valence-corrected chi connectivity index (χ0v) is 11.2. The molecule has 0 rings (SSSR count).